The molecular weight excluding hydrogens is 304 g/mol. The van der Waals surface area contributed by atoms with E-state index in [1.807, 2.05) is 31.3 Å². The van der Waals surface area contributed by atoms with E-state index in [0.717, 1.165) is 27.6 Å². The van der Waals surface area contributed by atoms with Crippen LogP contribution >= 0.6 is 0 Å². The number of carbonyl (C=O) groups is 2. The van der Waals surface area contributed by atoms with Crippen molar-refractivity contribution in [2.45, 2.75) is 19.9 Å². The molecule has 0 aliphatic rings. The third-order valence-corrected chi connectivity index (χ3v) is 4.01. The molecule has 3 rings (SSSR count). The topological polar surface area (TPSA) is 82.2 Å². The molecule has 2 aromatic carbocycles. The number of carboxylic acid groups (broad SMARTS) is 1. The molecule has 0 saturated carbocycles. The van der Waals surface area contributed by atoms with Crippen LogP contribution in [0.5, 0.6) is 0 Å². The summed E-state index contributed by atoms with van der Waals surface area (Å²) < 4.78 is 0. The number of aromatic carboxylic acids is 1. The molecule has 0 aliphatic heterocycles. The zero-order valence-corrected chi connectivity index (χ0v) is 13.3. The first-order valence-electron chi connectivity index (χ1n) is 7.69. The number of amides is 1. The van der Waals surface area contributed by atoms with E-state index < -0.39 is 5.97 Å². The summed E-state index contributed by atoms with van der Waals surface area (Å²) in [5, 5.41) is 12.9. The quantitative estimate of drug-likeness (QED) is 0.675. The van der Waals surface area contributed by atoms with Crippen LogP contribution in [0.4, 0.5) is 0 Å². The van der Waals surface area contributed by atoms with Crippen LogP contribution in [0.2, 0.25) is 0 Å². The minimum atomic E-state index is -0.975. The lowest BCUT2D eigenvalue weighted by atomic mass is 10.1. The first-order valence-corrected chi connectivity index (χ1v) is 7.69. The van der Waals surface area contributed by atoms with Crippen LogP contribution in [0.3, 0.4) is 0 Å². The summed E-state index contributed by atoms with van der Waals surface area (Å²) in [4.78, 5) is 26.4. The first-order chi connectivity index (χ1) is 11.5. The molecule has 5 nitrogen and oxygen atoms in total. The van der Waals surface area contributed by atoms with Gasteiger partial charge in [0.25, 0.3) is 0 Å². The molecule has 1 aromatic heterocycles. The molecule has 0 aliphatic carbocycles. The zero-order valence-electron chi connectivity index (χ0n) is 13.3. The van der Waals surface area contributed by atoms with Crippen LogP contribution in [0.25, 0.3) is 10.9 Å². The predicted octanol–water partition coefficient (Wildman–Crippen LogP) is 3.03. The first kappa shape index (κ1) is 15.8. The third-order valence-electron chi connectivity index (χ3n) is 4.01. The standard InChI is InChI=1S/C19H18N2O3/c1-12-4-2-7-16-18(12)15(11-20-16)9-17(22)21-10-13-5-3-6-14(8-13)19(23)24/h2-8,11,20H,9-10H2,1H3,(H,21,22)(H,23,24). The summed E-state index contributed by atoms with van der Waals surface area (Å²) >= 11 is 0. The average Bonchev–Trinajstić information content (AvgIpc) is 2.97. The van der Waals surface area contributed by atoms with Gasteiger partial charge in [-0.1, -0.05) is 24.3 Å². The second-order valence-corrected chi connectivity index (χ2v) is 5.77. The van der Waals surface area contributed by atoms with E-state index in [0.29, 0.717) is 6.54 Å². The molecule has 1 heterocycles. The molecule has 0 saturated heterocycles. The van der Waals surface area contributed by atoms with Crippen molar-refractivity contribution in [3.63, 3.8) is 0 Å². The van der Waals surface area contributed by atoms with Gasteiger partial charge in [0.2, 0.25) is 5.91 Å². The molecule has 24 heavy (non-hydrogen) atoms. The predicted molar refractivity (Wildman–Crippen MR) is 92.0 cm³/mol. The number of aromatic amines is 1. The minimum absolute atomic E-state index is 0.0973. The Bertz CT molecular complexity index is 912. The molecule has 0 fully saturated rings. The van der Waals surface area contributed by atoms with Gasteiger partial charge in [-0.05, 0) is 41.8 Å². The van der Waals surface area contributed by atoms with Crippen molar-refractivity contribution in [2.75, 3.05) is 0 Å². The van der Waals surface area contributed by atoms with Crippen LogP contribution in [-0.4, -0.2) is 22.0 Å². The molecule has 0 atom stereocenters. The highest BCUT2D eigenvalue weighted by atomic mass is 16.4. The van der Waals surface area contributed by atoms with Gasteiger partial charge in [-0.15, -0.1) is 0 Å². The van der Waals surface area contributed by atoms with Gasteiger partial charge in [0.1, 0.15) is 0 Å². The second-order valence-electron chi connectivity index (χ2n) is 5.77. The average molecular weight is 322 g/mol. The fourth-order valence-electron chi connectivity index (χ4n) is 2.84. The van der Waals surface area contributed by atoms with Gasteiger partial charge >= 0.3 is 5.97 Å². The van der Waals surface area contributed by atoms with E-state index in [9.17, 15) is 9.59 Å². The normalized spacial score (nSPS) is 10.7. The zero-order chi connectivity index (χ0) is 17.1. The van der Waals surface area contributed by atoms with Gasteiger partial charge in [0, 0.05) is 23.6 Å². The number of benzene rings is 2. The van der Waals surface area contributed by atoms with E-state index in [1.165, 1.54) is 6.07 Å². The summed E-state index contributed by atoms with van der Waals surface area (Å²) in [6.07, 6.45) is 2.14. The Labute approximate surface area is 139 Å². The third kappa shape index (κ3) is 3.30. The highest BCUT2D eigenvalue weighted by Gasteiger charge is 2.11. The lowest BCUT2D eigenvalue weighted by molar-refractivity contribution is -0.120. The van der Waals surface area contributed by atoms with Crippen molar-refractivity contribution in [2.24, 2.45) is 0 Å². The highest BCUT2D eigenvalue weighted by Crippen LogP contribution is 2.22. The van der Waals surface area contributed by atoms with Gasteiger partial charge in [-0.2, -0.15) is 0 Å². The van der Waals surface area contributed by atoms with Gasteiger partial charge in [0.15, 0.2) is 0 Å². The molecule has 0 bridgehead atoms. The Morgan fingerprint density at radius 2 is 1.96 bits per heavy atom. The molecule has 5 heteroatoms. The monoisotopic (exact) mass is 322 g/mol. The number of carboxylic acids is 1. The Kier molecular flexibility index (Phi) is 4.33. The lowest BCUT2D eigenvalue weighted by Gasteiger charge is -2.06. The van der Waals surface area contributed by atoms with Crippen LogP contribution in [-0.2, 0) is 17.8 Å². The Morgan fingerprint density at radius 3 is 2.75 bits per heavy atom. The summed E-state index contributed by atoms with van der Waals surface area (Å²) in [6.45, 7) is 2.33. The molecule has 3 N–H and O–H groups in total. The van der Waals surface area contributed by atoms with Crippen LogP contribution in [0.1, 0.15) is 27.0 Å². The fourth-order valence-corrected chi connectivity index (χ4v) is 2.84. The molecule has 3 aromatic rings. The van der Waals surface area contributed by atoms with E-state index >= 15 is 0 Å². The van der Waals surface area contributed by atoms with Crippen molar-refractivity contribution >= 4 is 22.8 Å². The molecule has 0 unspecified atom stereocenters. The van der Waals surface area contributed by atoms with Crippen LogP contribution in [0.15, 0.2) is 48.7 Å². The van der Waals surface area contributed by atoms with Crippen molar-refractivity contribution in [3.8, 4) is 0 Å². The summed E-state index contributed by atoms with van der Waals surface area (Å²) in [7, 11) is 0. The maximum Gasteiger partial charge on any atom is 0.335 e. The minimum Gasteiger partial charge on any atom is -0.478 e. The number of hydrogen-bond acceptors (Lipinski definition) is 2. The van der Waals surface area contributed by atoms with Crippen molar-refractivity contribution in [3.05, 3.63) is 70.9 Å². The summed E-state index contributed by atoms with van der Waals surface area (Å²) in [5.74, 6) is -1.07. The summed E-state index contributed by atoms with van der Waals surface area (Å²) in [5.41, 5.74) is 4.09. The van der Waals surface area contributed by atoms with E-state index in [-0.39, 0.29) is 17.9 Å². The Morgan fingerprint density at radius 1 is 1.17 bits per heavy atom. The largest absolute Gasteiger partial charge is 0.478 e. The molecule has 122 valence electrons. The van der Waals surface area contributed by atoms with E-state index in [2.05, 4.69) is 10.3 Å². The number of rotatable bonds is 5. The molecular formula is C19H18N2O3. The van der Waals surface area contributed by atoms with Gasteiger partial charge < -0.3 is 15.4 Å². The van der Waals surface area contributed by atoms with E-state index in [1.54, 1.807) is 18.2 Å². The second kappa shape index (κ2) is 6.58. The number of hydrogen-bond donors (Lipinski definition) is 3. The number of carbonyl (C=O) groups excluding carboxylic acids is 1. The van der Waals surface area contributed by atoms with Crippen LogP contribution in [0, 0.1) is 6.92 Å². The smallest absolute Gasteiger partial charge is 0.335 e. The van der Waals surface area contributed by atoms with Gasteiger partial charge in [0.05, 0.1) is 12.0 Å². The lowest BCUT2D eigenvalue weighted by Crippen LogP contribution is -2.24. The molecule has 1 amide bonds. The number of nitrogens with one attached hydrogen (secondary N) is 2. The SMILES string of the molecule is Cc1cccc2[nH]cc(CC(=O)NCc3cccc(C(=O)O)c3)c12. The molecule has 0 radical (unpaired) electrons. The van der Waals surface area contributed by atoms with Crippen LogP contribution < -0.4 is 5.32 Å². The maximum absolute atomic E-state index is 12.2. The maximum atomic E-state index is 12.2. The number of fused-ring (bicyclic) bond motifs is 1. The van der Waals surface area contributed by atoms with Crippen molar-refractivity contribution in [1.29, 1.82) is 0 Å². The number of H-pyrrole nitrogens is 1. The van der Waals surface area contributed by atoms with E-state index in [4.69, 9.17) is 5.11 Å². The van der Waals surface area contributed by atoms with Crippen molar-refractivity contribution in [1.82, 2.24) is 10.3 Å². The van der Waals surface area contributed by atoms with Gasteiger partial charge in [-0.25, -0.2) is 4.79 Å². The Balaban J connectivity index is 1.67. The van der Waals surface area contributed by atoms with Crippen molar-refractivity contribution < 1.29 is 14.7 Å². The number of aromatic nitrogens is 1. The summed E-state index contributed by atoms with van der Waals surface area (Å²) in [6, 6.07) is 12.6. The van der Waals surface area contributed by atoms with Gasteiger partial charge in [-0.3, -0.25) is 4.79 Å². The Hall–Kier alpha value is -3.08. The molecule has 0 spiro atoms. The highest BCUT2D eigenvalue weighted by molar-refractivity contribution is 5.91. The number of aryl methyl sites for hydroxylation is 1. The fraction of sp³-hybridized carbons (Fsp3) is 0.158.